The predicted molar refractivity (Wildman–Crippen MR) is 72.8 cm³/mol. The SMILES string of the molecule is Nc1cc([N+](=O)[O-])ccc1NCC1CCS(=O)(=O)C1. The van der Waals surface area contributed by atoms with E-state index in [1.807, 2.05) is 0 Å². The summed E-state index contributed by atoms with van der Waals surface area (Å²) in [5, 5.41) is 13.6. The van der Waals surface area contributed by atoms with Crippen LogP contribution in [0, 0.1) is 16.0 Å². The van der Waals surface area contributed by atoms with E-state index in [0.29, 0.717) is 18.7 Å². The standard InChI is InChI=1S/C11H15N3O4S/c12-10-5-9(14(15)16)1-2-11(10)13-6-8-3-4-19(17,18)7-8/h1-2,5,8,13H,3-4,6-7,12H2. The summed E-state index contributed by atoms with van der Waals surface area (Å²) in [7, 11) is -2.89. The number of benzene rings is 1. The van der Waals surface area contributed by atoms with Crippen LogP contribution < -0.4 is 11.1 Å². The lowest BCUT2D eigenvalue weighted by Crippen LogP contribution is -2.16. The van der Waals surface area contributed by atoms with Crippen LogP contribution in [0.5, 0.6) is 0 Å². The van der Waals surface area contributed by atoms with E-state index in [1.165, 1.54) is 18.2 Å². The minimum atomic E-state index is -2.89. The molecule has 8 heteroatoms. The molecule has 1 atom stereocenters. The molecule has 0 saturated carbocycles. The molecular weight excluding hydrogens is 270 g/mol. The highest BCUT2D eigenvalue weighted by atomic mass is 32.2. The van der Waals surface area contributed by atoms with Gasteiger partial charge in [0.05, 0.1) is 27.8 Å². The quantitative estimate of drug-likeness (QED) is 0.485. The Hall–Kier alpha value is -1.83. The van der Waals surface area contributed by atoms with Gasteiger partial charge in [0, 0.05) is 18.7 Å². The summed E-state index contributed by atoms with van der Waals surface area (Å²) < 4.78 is 22.6. The molecule has 0 spiro atoms. The third kappa shape index (κ3) is 3.34. The third-order valence-electron chi connectivity index (χ3n) is 3.15. The lowest BCUT2D eigenvalue weighted by molar-refractivity contribution is -0.384. The summed E-state index contributed by atoms with van der Waals surface area (Å²) in [5.74, 6) is 0.488. The van der Waals surface area contributed by atoms with E-state index in [-0.39, 0.29) is 28.8 Å². The molecule has 1 aromatic rings. The first-order chi connectivity index (χ1) is 8.87. The van der Waals surface area contributed by atoms with E-state index in [4.69, 9.17) is 5.73 Å². The number of rotatable bonds is 4. The monoisotopic (exact) mass is 285 g/mol. The number of anilines is 2. The molecule has 2 rings (SSSR count). The van der Waals surface area contributed by atoms with Crippen LogP contribution in [-0.2, 0) is 9.84 Å². The van der Waals surface area contributed by atoms with Crippen molar-refractivity contribution in [1.29, 1.82) is 0 Å². The number of nitrogens with one attached hydrogen (secondary N) is 1. The van der Waals surface area contributed by atoms with Crippen LogP contribution in [0.25, 0.3) is 0 Å². The van der Waals surface area contributed by atoms with Crippen molar-refractivity contribution in [2.24, 2.45) is 5.92 Å². The summed E-state index contributed by atoms with van der Waals surface area (Å²) in [6.45, 7) is 0.501. The van der Waals surface area contributed by atoms with E-state index < -0.39 is 14.8 Å². The first-order valence-electron chi connectivity index (χ1n) is 5.85. The number of nitro benzene ring substituents is 1. The van der Waals surface area contributed by atoms with Gasteiger partial charge < -0.3 is 11.1 Å². The van der Waals surface area contributed by atoms with Gasteiger partial charge in [-0.1, -0.05) is 0 Å². The zero-order chi connectivity index (χ0) is 14.0. The van der Waals surface area contributed by atoms with Gasteiger partial charge in [-0.15, -0.1) is 0 Å². The predicted octanol–water partition coefficient (Wildman–Crippen LogP) is 1.02. The average molecular weight is 285 g/mol. The molecule has 1 aliphatic heterocycles. The normalized spacial score (nSPS) is 21.2. The van der Waals surface area contributed by atoms with Crippen LogP contribution in [0.2, 0.25) is 0 Å². The van der Waals surface area contributed by atoms with Gasteiger partial charge in [0.2, 0.25) is 0 Å². The number of nitrogens with two attached hydrogens (primary N) is 1. The zero-order valence-electron chi connectivity index (χ0n) is 10.2. The van der Waals surface area contributed by atoms with Gasteiger partial charge in [-0.05, 0) is 18.4 Å². The maximum atomic E-state index is 11.3. The Morgan fingerprint density at radius 2 is 2.21 bits per heavy atom. The summed E-state index contributed by atoms with van der Waals surface area (Å²) >= 11 is 0. The topological polar surface area (TPSA) is 115 Å². The molecule has 0 bridgehead atoms. The Labute approximate surface area is 110 Å². The molecule has 0 amide bonds. The van der Waals surface area contributed by atoms with Crippen molar-refractivity contribution in [3.8, 4) is 0 Å². The second-order valence-corrected chi connectivity index (χ2v) is 6.91. The van der Waals surface area contributed by atoms with Crippen LogP contribution in [0.3, 0.4) is 0 Å². The van der Waals surface area contributed by atoms with Crippen molar-refractivity contribution in [2.75, 3.05) is 29.1 Å². The van der Waals surface area contributed by atoms with Gasteiger partial charge in [-0.3, -0.25) is 10.1 Å². The summed E-state index contributed by atoms with van der Waals surface area (Å²) in [5.41, 5.74) is 6.53. The van der Waals surface area contributed by atoms with E-state index in [2.05, 4.69) is 5.32 Å². The first kappa shape index (κ1) is 13.6. The molecule has 1 aliphatic rings. The van der Waals surface area contributed by atoms with Crippen LogP contribution >= 0.6 is 0 Å². The van der Waals surface area contributed by atoms with Gasteiger partial charge >= 0.3 is 0 Å². The van der Waals surface area contributed by atoms with Crippen molar-refractivity contribution >= 4 is 26.9 Å². The average Bonchev–Trinajstić information content (AvgIpc) is 2.67. The molecule has 0 radical (unpaired) electrons. The second-order valence-electron chi connectivity index (χ2n) is 4.68. The van der Waals surface area contributed by atoms with E-state index in [0.717, 1.165) is 0 Å². The Morgan fingerprint density at radius 1 is 1.47 bits per heavy atom. The lowest BCUT2D eigenvalue weighted by Gasteiger charge is -2.12. The Balaban J connectivity index is 1.99. The van der Waals surface area contributed by atoms with E-state index in [9.17, 15) is 18.5 Å². The first-order valence-corrected chi connectivity index (χ1v) is 7.68. The minimum absolute atomic E-state index is 0.0634. The molecule has 1 unspecified atom stereocenters. The lowest BCUT2D eigenvalue weighted by atomic mass is 10.1. The molecule has 1 fully saturated rings. The molecule has 1 saturated heterocycles. The number of non-ortho nitro benzene ring substituents is 1. The molecule has 19 heavy (non-hydrogen) atoms. The highest BCUT2D eigenvalue weighted by Gasteiger charge is 2.27. The Bertz CT molecular complexity index is 600. The Kier molecular flexibility index (Phi) is 3.61. The number of nitrogens with zero attached hydrogens (tertiary/aromatic N) is 1. The molecule has 104 valence electrons. The van der Waals surface area contributed by atoms with Crippen molar-refractivity contribution < 1.29 is 13.3 Å². The van der Waals surface area contributed by atoms with Crippen molar-refractivity contribution in [2.45, 2.75) is 6.42 Å². The second kappa shape index (κ2) is 5.04. The minimum Gasteiger partial charge on any atom is -0.397 e. The van der Waals surface area contributed by atoms with E-state index >= 15 is 0 Å². The fraction of sp³-hybridized carbons (Fsp3) is 0.455. The zero-order valence-corrected chi connectivity index (χ0v) is 11.0. The summed E-state index contributed by atoms with van der Waals surface area (Å²) in [6, 6.07) is 4.19. The smallest absolute Gasteiger partial charge is 0.271 e. The van der Waals surface area contributed by atoms with Crippen molar-refractivity contribution in [3.63, 3.8) is 0 Å². The van der Waals surface area contributed by atoms with Crippen LogP contribution in [0.1, 0.15) is 6.42 Å². The molecule has 0 aromatic heterocycles. The fourth-order valence-corrected chi connectivity index (χ4v) is 3.97. The molecule has 0 aliphatic carbocycles. The van der Waals surface area contributed by atoms with Crippen molar-refractivity contribution in [3.05, 3.63) is 28.3 Å². The van der Waals surface area contributed by atoms with E-state index in [1.54, 1.807) is 0 Å². The molecule has 3 N–H and O–H groups in total. The van der Waals surface area contributed by atoms with Gasteiger partial charge in [-0.25, -0.2) is 8.42 Å². The largest absolute Gasteiger partial charge is 0.397 e. The Morgan fingerprint density at radius 3 is 2.74 bits per heavy atom. The molecule has 7 nitrogen and oxygen atoms in total. The van der Waals surface area contributed by atoms with Gasteiger partial charge in [0.25, 0.3) is 5.69 Å². The fourth-order valence-electron chi connectivity index (χ4n) is 2.11. The summed E-state index contributed by atoms with van der Waals surface area (Å²) in [6.07, 6.45) is 0.641. The maximum absolute atomic E-state index is 11.3. The molecule has 1 heterocycles. The highest BCUT2D eigenvalue weighted by Crippen LogP contribution is 2.25. The third-order valence-corrected chi connectivity index (χ3v) is 4.99. The van der Waals surface area contributed by atoms with Gasteiger partial charge in [0.1, 0.15) is 0 Å². The number of hydrogen-bond donors (Lipinski definition) is 2. The maximum Gasteiger partial charge on any atom is 0.271 e. The van der Waals surface area contributed by atoms with Crippen LogP contribution in [0.4, 0.5) is 17.1 Å². The summed E-state index contributed by atoms with van der Waals surface area (Å²) in [4.78, 5) is 10.1. The van der Waals surface area contributed by atoms with Gasteiger partial charge in [-0.2, -0.15) is 0 Å². The molecular formula is C11H15N3O4S. The number of nitro groups is 1. The molecule has 1 aromatic carbocycles. The number of hydrogen-bond acceptors (Lipinski definition) is 6. The van der Waals surface area contributed by atoms with Gasteiger partial charge in [0.15, 0.2) is 9.84 Å². The number of sulfone groups is 1. The van der Waals surface area contributed by atoms with Crippen LogP contribution in [-0.4, -0.2) is 31.4 Å². The number of nitrogen functional groups attached to an aromatic ring is 1. The van der Waals surface area contributed by atoms with Crippen LogP contribution in [0.15, 0.2) is 18.2 Å². The van der Waals surface area contributed by atoms with Crippen molar-refractivity contribution in [1.82, 2.24) is 0 Å². The highest BCUT2D eigenvalue weighted by molar-refractivity contribution is 7.91.